The van der Waals surface area contributed by atoms with Gasteiger partial charge in [0.25, 0.3) is 0 Å². The maximum absolute atomic E-state index is 12.6. The molecule has 7 nitrogen and oxygen atoms in total. The van der Waals surface area contributed by atoms with Crippen molar-refractivity contribution in [2.75, 3.05) is 13.1 Å². The van der Waals surface area contributed by atoms with Gasteiger partial charge < -0.3 is 14.7 Å². The third-order valence-electron chi connectivity index (χ3n) is 5.42. The quantitative estimate of drug-likeness (QED) is 0.875. The smallest absolute Gasteiger partial charge is 0.245 e. The molecule has 3 saturated heterocycles. The molecular weight excluding hydrogens is 296 g/mol. The Morgan fingerprint density at radius 1 is 1.35 bits per heavy atom. The first-order valence-electron chi connectivity index (χ1n) is 8.35. The fourth-order valence-electron chi connectivity index (χ4n) is 4.08. The molecule has 1 aromatic rings. The van der Waals surface area contributed by atoms with E-state index in [2.05, 4.69) is 15.4 Å². The average Bonchev–Trinajstić information content (AvgIpc) is 3.19. The first-order valence-corrected chi connectivity index (χ1v) is 8.35. The number of hydrogen-bond donors (Lipinski definition) is 1. The van der Waals surface area contributed by atoms with Crippen molar-refractivity contribution in [1.82, 2.24) is 20.3 Å². The summed E-state index contributed by atoms with van der Waals surface area (Å²) >= 11 is 0. The Balaban J connectivity index is 1.42. The van der Waals surface area contributed by atoms with Gasteiger partial charge in [-0.1, -0.05) is 5.16 Å². The molecule has 1 N–H and O–H groups in total. The third kappa shape index (κ3) is 2.63. The molecule has 0 aliphatic carbocycles. The van der Waals surface area contributed by atoms with Crippen molar-refractivity contribution in [2.24, 2.45) is 0 Å². The predicted octanol–water partition coefficient (Wildman–Crippen LogP) is 0.437. The summed E-state index contributed by atoms with van der Waals surface area (Å²) in [5.41, 5.74) is 2.07. The lowest BCUT2D eigenvalue weighted by Crippen LogP contribution is -2.57. The minimum Gasteiger partial charge on any atom is -0.364 e. The zero-order valence-corrected chi connectivity index (χ0v) is 13.3. The molecule has 4 heterocycles. The Kier molecular flexibility index (Phi) is 3.60. The summed E-state index contributed by atoms with van der Waals surface area (Å²) < 4.78 is 5.03. The number of carbonyl (C=O) groups is 2. The molecule has 3 aliphatic rings. The largest absolute Gasteiger partial charge is 0.364 e. The highest BCUT2D eigenvalue weighted by atomic mass is 16.5. The molecular formula is C16H22N4O3. The monoisotopic (exact) mass is 318 g/mol. The van der Waals surface area contributed by atoms with Gasteiger partial charge in [-0.15, -0.1) is 0 Å². The Morgan fingerprint density at radius 3 is 2.65 bits per heavy atom. The maximum Gasteiger partial charge on any atom is 0.245 e. The molecule has 124 valence electrons. The van der Waals surface area contributed by atoms with Crippen molar-refractivity contribution in [2.45, 2.75) is 57.3 Å². The second-order valence-corrected chi connectivity index (χ2v) is 6.90. The van der Waals surface area contributed by atoms with Gasteiger partial charge in [0, 0.05) is 43.7 Å². The van der Waals surface area contributed by atoms with E-state index in [1.165, 1.54) is 0 Å². The number of hydrogen-bond acceptors (Lipinski definition) is 5. The van der Waals surface area contributed by atoms with Crippen molar-refractivity contribution < 1.29 is 14.1 Å². The van der Waals surface area contributed by atoms with Gasteiger partial charge in [0.2, 0.25) is 11.8 Å². The van der Waals surface area contributed by atoms with E-state index >= 15 is 0 Å². The van der Waals surface area contributed by atoms with Gasteiger partial charge in [-0.3, -0.25) is 14.5 Å². The topological polar surface area (TPSA) is 78.7 Å². The van der Waals surface area contributed by atoms with E-state index in [1.807, 2.05) is 11.8 Å². The number of piperazine rings is 1. The highest BCUT2D eigenvalue weighted by molar-refractivity contribution is 5.90. The maximum atomic E-state index is 12.6. The molecule has 2 bridgehead atoms. The van der Waals surface area contributed by atoms with Crippen molar-refractivity contribution in [1.29, 1.82) is 0 Å². The van der Waals surface area contributed by atoms with Crippen LogP contribution in [-0.4, -0.2) is 58.0 Å². The number of likely N-dealkylation sites (tertiary alicyclic amines) is 1. The summed E-state index contributed by atoms with van der Waals surface area (Å²) in [6.07, 6.45) is 5.00. The highest BCUT2D eigenvalue weighted by Crippen LogP contribution is 2.32. The van der Waals surface area contributed by atoms with E-state index < -0.39 is 0 Å². The van der Waals surface area contributed by atoms with E-state index in [0.29, 0.717) is 24.9 Å². The Hall–Kier alpha value is -1.89. The van der Waals surface area contributed by atoms with E-state index in [-0.39, 0.29) is 17.9 Å². The van der Waals surface area contributed by atoms with Crippen molar-refractivity contribution >= 4 is 11.8 Å². The number of fused-ring (bicyclic) bond motifs is 2. The van der Waals surface area contributed by atoms with Crippen LogP contribution in [0, 0.1) is 6.92 Å². The Morgan fingerprint density at radius 2 is 2.09 bits per heavy atom. The molecule has 23 heavy (non-hydrogen) atoms. The second kappa shape index (κ2) is 5.63. The number of aryl methyl sites for hydroxylation is 1. The Bertz CT molecular complexity index is 615. The van der Waals surface area contributed by atoms with E-state index in [1.54, 1.807) is 6.26 Å². The van der Waals surface area contributed by atoms with Crippen molar-refractivity contribution in [3.63, 3.8) is 0 Å². The summed E-state index contributed by atoms with van der Waals surface area (Å²) in [7, 11) is 0. The fraction of sp³-hybridized carbons (Fsp3) is 0.688. The first kappa shape index (κ1) is 14.7. The zero-order valence-electron chi connectivity index (χ0n) is 13.3. The van der Waals surface area contributed by atoms with Crippen LogP contribution in [-0.2, 0) is 16.1 Å². The molecule has 0 radical (unpaired) electrons. The van der Waals surface area contributed by atoms with Crippen LogP contribution in [0.4, 0.5) is 0 Å². The molecule has 2 unspecified atom stereocenters. The van der Waals surface area contributed by atoms with E-state index in [9.17, 15) is 9.59 Å². The number of aromatic nitrogens is 1. The third-order valence-corrected chi connectivity index (χ3v) is 5.42. The molecule has 0 saturated carbocycles. The van der Waals surface area contributed by atoms with Gasteiger partial charge in [-0.2, -0.15) is 0 Å². The average molecular weight is 318 g/mol. The molecule has 3 fully saturated rings. The van der Waals surface area contributed by atoms with Gasteiger partial charge in [0.15, 0.2) is 0 Å². The van der Waals surface area contributed by atoms with E-state index in [4.69, 9.17) is 4.52 Å². The van der Waals surface area contributed by atoms with E-state index in [0.717, 1.165) is 43.7 Å². The molecule has 2 amide bonds. The predicted molar refractivity (Wildman–Crippen MR) is 81.3 cm³/mol. The lowest BCUT2D eigenvalue weighted by atomic mass is 10.1. The van der Waals surface area contributed by atoms with Crippen LogP contribution in [0.1, 0.15) is 36.9 Å². The second-order valence-electron chi connectivity index (χ2n) is 6.90. The highest BCUT2D eigenvalue weighted by Gasteiger charge is 2.43. The zero-order chi connectivity index (χ0) is 16.0. The summed E-state index contributed by atoms with van der Waals surface area (Å²) in [5.74, 6) is 0.0801. The first-order chi connectivity index (χ1) is 11.1. The number of carbonyl (C=O) groups excluding carboxylic acids is 2. The molecule has 4 rings (SSSR count). The van der Waals surface area contributed by atoms with Crippen molar-refractivity contribution in [3.05, 3.63) is 17.5 Å². The Labute approximate surface area is 135 Å². The van der Waals surface area contributed by atoms with Gasteiger partial charge in [0.1, 0.15) is 18.0 Å². The van der Waals surface area contributed by atoms with Crippen molar-refractivity contribution in [3.8, 4) is 0 Å². The summed E-state index contributed by atoms with van der Waals surface area (Å²) in [6, 6.07) is 0.447. The lowest BCUT2D eigenvalue weighted by molar-refractivity contribution is -0.137. The fourth-order valence-corrected chi connectivity index (χ4v) is 4.08. The SMILES string of the molecule is Cc1conc1CN1C2CCC1CN(C(=O)[C@@H]1CCC(=O)N1)C2. The van der Waals surface area contributed by atoms with Crippen LogP contribution < -0.4 is 5.32 Å². The minimum absolute atomic E-state index is 0.00790. The number of amides is 2. The number of nitrogens with one attached hydrogen (secondary N) is 1. The van der Waals surface area contributed by atoms with Crippen LogP contribution in [0.15, 0.2) is 10.8 Å². The molecule has 0 aromatic carbocycles. The molecule has 1 aromatic heterocycles. The molecule has 3 aliphatic heterocycles. The summed E-state index contributed by atoms with van der Waals surface area (Å²) in [4.78, 5) is 28.4. The minimum atomic E-state index is -0.314. The standard InChI is InChI=1S/C16H22N4O3/c1-10-9-23-18-14(10)8-20-11-2-3-12(20)7-19(6-11)16(22)13-4-5-15(21)17-13/h9,11-13H,2-8H2,1H3,(H,17,21)/t11?,12?,13-/m0/s1. The number of nitrogens with zero attached hydrogens (tertiary/aromatic N) is 3. The van der Waals surface area contributed by atoms with Crippen LogP contribution in [0.5, 0.6) is 0 Å². The summed E-state index contributed by atoms with van der Waals surface area (Å²) in [6.45, 7) is 4.30. The van der Waals surface area contributed by atoms with Gasteiger partial charge >= 0.3 is 0 Å². The normalized spacial score (nSPS) is 30.7. The lowest BCUT2D eigenvalue weighted by Gasteiger charge is -2.41. The van der Waals surface area contributed by atoms with Gasteiger partial charge in [-0.05, 0) is 26.2 Å². The number of rotatable bonds is 3. The van der Waals surface area contributed by atoms with Crippen LogP contribution >= 0.6 is 0 Å². The molecule has 0 spiro atoms. The molecule has 7 heteroatoms. The van der Waals surface area contributed by atoms with Crippen LogP contribution in [0.3, 0.4) is 0 Å². The summed E-state index contributed by atoms with van der Waals surface area (Å²) in [5, 5.41) is 6.88. The van der Waals surface area contributed by atoms with Crippen LogP contribution in [0.25, 0.3) is 0 Å². The van der Waals surface area contributed by atoms with Crippen LogP contribution in [0.2, 0.25) is 0 Å². The van der Waals surface area contributed by atoms with Gasteiger partial charge in [-0.25, -0.2) is 0 Å². The van der Waals surface area contributed by atoms with Gasteiger partial charge in [0.05, 0.1) is 0 Å². The molecule has 3 atom stereocenters.